The second-order valence-electron chi connectivity index (χ2n) is 4.42. The molecule has 1 aliphatic heterocycles. The highest BCUT2D eigenvalue weighted by atomic mass is 16.4. The summed E-state index contributed by atoms with van der Waals surface area (Å²) in [6, 6.07) is -0.267. The van der Waals surface area contributed by atoms with Gasteiger partial charge in [0.1, 0.15) is 5.41 Å². The van der Waals surface area contributed by atoms with Gasteiger partial charge in [-0.05, 0) is 12.8 Å². The van der Waals surface area contributed by atoms with Crippen LogP contribution in [0.5, 0.6) is 0 Å². The molecule has 2 rings (SSSR count). The maximum atomic E-state index is 11.8. The van der Waals surface area contributed by atoms with E-state index >= 15 is 0 Å². The largest absolute Gasteiger partial charge is 0.480 e. The molecule has 88 valence electrons. The van der Waals surface area contributed by atoms with Crippen LogP contribution in [-0.4, -0.2) is 35.5 Å². The van der Waals surface area contributed by atoms with Gasteiger partial charge in [-0.2, -0.15) is 0 Å². The molecule has 1 atom stereocenters. The van der Waals surface area contributed by atoms with Crippen molar-refractivity contribution in [3.05, 3.63) is 0 Å². The third kappa shape index (κ3) is 1.64. The molecular formula is C10H14N2O4. The van der Waals surface area contributed by atoms with Gasteiger partial charge >= 0.3 is 5.97 Å². The summed E-state index contributed by atoms with van der Waals surface area (Å²) in [7, 11) is 0. The van der Waals surface area contributed by atoms with Crippen LogP contribution in [0.1, 0.15) is 25.7 Å². The van der Waals surface area contributed by atoms with E-state index in [-0.39, 0.29) is 18.4 Å². The van der Waals surface area contributed by atoms with Crippen LogP contribution in [-0.2, 0) is 14.4 Å². The minimum atomic E-state index is -1.24. The van der Waals surface area contributed by atoms with Crippen LogP contribution in [0.25, 0.3) is 0 Å². The van der Waals surface area contributed by atoms with Crippen molar-refractivity contribution >= 4 is 17.8 Å². The first-order chi connectivity index (χ1) is 7.54. The highest BCUT2D eigenvalue weighted by Gasteiger charge is 2.51. The first-order valence-corrected chi connectivity index (χ1v) is 5.36. The molecule has 0 aromatic heterocycles. The summed E-state index contributed by atoms with van der Waals surface area (Å²) < 4.78 is 0. The van der Waals surface area contributed by atoms with E-state index in [9.17, 15) is 14.4 Å². The minimum absolute atomic E-state index is 0.108. The van der Waals surface area contributed by atoms with Crippen molar-refractivity contribution in [1.82, 2.24) is 10.6 Å². The van der Waals surface area contributed by atoms with Gasteiger partial charge in [-0.25, -0.2) is 0 Å². The number of carboxylic acids is 1. The zero-order valence-electron chi connectivity index (χ0n) is 8.78. The van der Waals surface area contributed by atoms with Gasteiger partial charge < -0.3 is 15.7 Å². The third-order valence-corrected chi connectivity index (χ3v) is 3.36. The number of carboxylic acid groups (broad SMARTS) is 1. The molecule has 2 amide bonds. The number of carbonyl (C=O) groups excluding carboxylic acids is 2. The maximum Gasteiger partial charge on any atom is 0.319 e. The molecule has 16 heavy (non-hydrogen) atoms. The van der Waals surface area contributed by atoms with Crippen molar-refractivity contribution in [2.24, 2.45) is 5.41 Å². The molecule has 6 heteroatoms. The number of aliphatic carboxylic acids is 1. The van der Waals surface area contributed by atoms with E-state index in [1.54, 1.807) is 0 Å². The Morgan fingerprint density at radius 2 is 2.12 bits per heavy atom. The van der Waals surface area contributed by atoms with E-state index in [1.807, 2.05) is 0 Å². The predicted octanol–water partition coefficient (Wildman–Crippen LogP) is -0.754. The first-order valence-electron chi connectivity index (χ1n) is 5.36. The molecule has 0 bridgehead atoms. The number of nitrogens with one attached hydrogen (secondary N) is 2. The molecule has 1 saturated carbocycles. The van der Waals surface area contributed by atoms with Crippen molar-refractivity contribution in [3.63, 3.8) is 0 Å². The number of carbonyl (C=O) groups is 3. The fourth-order valence-electron chi connectivity index (χ4n) is 2.10. The van der Waals surface area contributed by atoms with Gasteiger partial charge in [-0.1, -0.05) is 6.42 Å². The zero-order valence-corrected chi connectivity index (χ0v) is 8.78. The fourth-order valence-corrected chi connectivity index (χ4v) is 2.10. The Balaban J connectivity index is 1.97. The SMILES string of the molecule is O=C1CC(NC(=O)C2(C(=O)O)CCC2)CN1. The van der Waals surface area contributed by atoms with Crippen molar-refractivity contribution in [2.45, 2.75) is 31.7 Å². The highest BCUT2D eigenvalue weighted by molar-refractivity contribution is 6.03. The van der Waals surface area contributed by atoms with E-state index < -0.39 is 17.3 Å². The smallest absolute Gasteiger partial charge is 0.319 e. The lowest BCUT2D eigenvalue weighted by molar-refractivity contribution is -0.162. The molecule has 1 saturated heterocycles. The number of rotatable bonds is 3. The molecule has 3 N–H and O–H groups in total. The van der Waals surface area contributed by atoms with Crippen LogP contribution in [0.15, 0.2) is 0 Å². The molecule has 6 nitrogen and oxygen atoms in total. The van der Waals surface area contributed by atoms with Gasteiger partial charge in [0.2, 0.25) is 11.8 Å². The molecule has 2 aliphatic rings. The van der Waals surface area contributed by atoms with Crippen LogP contribution in [0.2, 0.25) is 0 Å². The quantitative estimate of drug-likeness (QED) is 0.551. The Hall–Kier alpha value is -1.59. The van der Waals surface area contributed by atoms with Gasteiger partial charge in [0.15, 0.2) is 0 Å². The van der Waals surface area contributed by atoms with E-state index in [0.717, 1.165) is 6.42 Å². The lowest BCUT2D eigenvalue weighted by atomic mass is 9.68. The molecule has 0 spiro atoms. The molecule has 1 heterocycles. The Morgan fingerprint density at radius 1 is 1.44 bits per heavy atom. The summed E-state index contributed by atoms with van der Waals surface area (Å²) in [6.45, 7) is 0.389. The molecule has 0 radical (unpaired) electrons. The summed E-state index contributed by atoms with van der Waals surface area (Å²) in [5.74, 6) is -1.62. The highest BCUT2D eigenvalue weighted by Crippen LogP contribution is 2.41. The van der Waals surface area contributed by atoms with Gasteiger partial charge in [-0.3, -0.25) is 14.4 Å². The standard InChI is InChI=1S/C10H14N2O4/c13-7-4-6(5-11-7)12-8(14)10(9(15)16)2-1-3-10/h6H,1-5H2,(H,11,13)(H,12,14)(H,15,16). The molecular weight excluding hydrogens is 212 g/mol. The average Bonchev–Trinajstić information content (AvgIpc) is 2.47. The Bertz CT molecular complexity index is 349. The van der Waals surface area contributed by atoms with Crippen molar-refractivity contribution < 1.29 is 19.5 Å². The van der Waals surface area contributed by atoms with Crippen molar-refractivity contribution in [3.8, 4) is 0 Å². The summed E-state index contributed by atoms with van der Waals surface area (Å²) in [4.78, 5) is 33.8. The normalized spacial score (nSPS) is 26.8. The Morgan fingerprint density at radius 3 is 2.50 bits per heavy atom. The van der Waals surface area contributed by atoms with E-state index in [2.05, 4.69) is 10.6 Å². The lowest BCUT2D eigenvalue weighted by Crippen LogP contribution is -2.53. The first kappa shape index (κ1) is 10.9. The average molecular weight is 226 g/mol. The van der Waals surface area contributed by atoms with Crippen molar-refractivity contribution in [2.75, 3.05) is 6.54 Å². The molecule has 1 unspecified atom stereocenters. The van der Waals surface area contributed by atoms with Crippen LogP contribution in [0.4, 0.5) is 0 Å². The van der Waals surface area contributed by atoms with Crippen LogP contribution in [0, 0.1) is 5.41 Å². The predicted molar refractivity (Wildman–Crippen MR) is 53.5 cm³/mol. The number of amides is 2. The summed E-state index contributed by atoms with van der Waals surface area (Å²) in [5.41, 5.74) is -1.24. The van der Waals surface area contributed by atoms with Crippen LogP contribution < -0.4 is 10.6 Å². The molecule has 0 aromatic carbocycles. The van der Waals surface area contributed by atoms with Gasteiger partial charge in [0.05, 0.1) is 6.04 Å². The number of hydrogen-bond donors (Lipinski definition) is 3. The third-order valence-electron chi connectivity index (χ3n) is 3.36. The molecule has 0 aromatic rings. The second-order valence-corrected chi connectivity index (χ2v) is 4.42. The minimum Gasteiger partial charge on any atom is -0.480 e. The monoisotopic (exact) mass is 226 g/mol. The summed E-state index contributed by atoms with van der Waals surface area (Å²) >= 11 is 0. The second kappa shape index (κ2) is 3.77. The Kier molecular flexibility index (Phi) is 2.57. The topological polar surface area (TPSA) is 95.5 Å². The van der Waals surface area contributed by atoms with Gasteiger partial charge in [-0.15, -0.1) is 0 Å². The van der Waals surface area contributed by atoms with Crippen molar-refractivity contribution in [1.29, 1.82) is 0 Å². The lowest BCUT2D eigenvalue weighted by Gasteiger charge is -2.36. The fraction of sp³-hybridized carbons (Fsp3) is 0.700. The van der Waals surface area contributed by atoms with E-state index in [4.69, 9.17) is 5.11 Å². The van der Waals surface area contributed by atoms with Gasteiger partial charge in [0, 0.05) is 13.0 Å². The zero-order chi connectivity index (χ0) is 11.8. The van der Waals surface area contributed by atoms with Crippen LogP contribution >= 0.6 is 0 Å². The van der Waals surface area contributed by atoms with E-state index in [1.165, 1.54) is 0 Å². The van der Waals surface area contributed by atoms with Gasteiger partial charge in [0.25, 0.3) is 0 Å². The van der Waals surface area contributed by atoms with Crippen LogP contribution in [0.3, 0.4) is 0 Å². The Labute approximate surface area is 92.4 Å². The molecule has 2 fully saturated rings. The summed E-state index contributed by atoms with van der Waals surface area (Å²) in [5, 5.41) is 14.3. The molecule has 1 aliphatic carbocycles. The maximum absolute atomic E-state index is 11.8. The summed E-state index contributed by atoms with van der Waals surface area (Å²) in [6.07, 6.45) is 1.79. The number of hydrogen-bond acceptors (Lipinski definition) is 3. The van der Waals surface area contributed by atoms with E-state index in [0.29, 0.717) is 19.4 Å².